The predicted molar refractivity (Wildman–Crippen MR) is 134 cm³/mol. The van der Waals surface area contributed by atoms with Gasteiger partial charge in [-0.1, -0.05) is 25.1 Å². The first-order chi connectivity index (χ1) is 18.6. The molecule has 2 aliphatic rings. The molecule has 4 rings (SSSR count). The van der Waals surface area contributed by atoms with Crippen LogP contribution in [0.15, 0.2) is 46.1 Å². The number of esters is 1. The van der Waals surface area contributed by atoms with Gasteiger partial charge in [0.25, 0.3) is 5.56 Å². The molecule has 13 nitrogen and oxygen atoms in total. The second-order valence-corrected chi connectivity index (χ2v) is 10.7. The zero-order valence-electron chi connectivity index (χ0n) is 21.6. The Kier molecular flexibility index (Phi) is 9.36. The summed E-state index contributed by atoms with van der Waals surface area (Å²) < 4.78 is 63.6. The van der Waals surface area contributed by atoms with E-state index in [0.29, 0.717) is 13.2 Å². The summed E-state index contributed by atoms with van der Waals surface area (Å²) >= 11 is 0. The maximum Gasteiger partial charge on any atom is 0.459 e. The van der Waals surface area contributed by atoms with Crippen molar-refractivity contribution in [2.75, 3.05) is 19.8 Å². The van der Waals surface area contributed by atoms with Crippen molar-refractivity contribution < 1.29 is 41.7 Å². The van der Waals surface area contributed by atoms with Crippen LogP contribution in [0.25, 0.3) is 0 Å². The average molecular weight is 571 g/mol. The standard InChI is InChI=1S/C24H31FN3O10P/c1-4-18(29)37-20-17(36-22(19(20)25)28-12-14(2)21(30)26-24(28)31)13-35-39(32,38-16-8-6-5-7-9-16)27-15(3)23-33-10-11-34-23/h5-9,12,15,17,19-20,22-23H,4,10-11,13H2,1-3H3,(H,27,32)(H,26,30,31)/t15-,17-,19+,20-,22-,39?/m0/s1. The normalized spacial score (nSPS) is 25.7. The smallest absolute Gasteiger partial charge is 0.456 e. The molecule has 2 fully saturated rings. The summed E-state index contributed by atoms with van der Waals surface area (Å²) in [7, 11) is -4.17. The first-order valence-corrected chi connectivity index (χ1v) is 14.0. The molecule has 0 aliphatic carbocycles. The van der Waals surface area contributed by atoms with Crippen LogP contribution >= 0.6 is 7.75 Å². The minimum atomic E-state index is -4.17. The van der Waals surface area contributed by atoms with Crippen LogP contribution in [0.1, 0.15) is 32.1 Å². The Morgan fingerprint density at radius 2 is 1.95 bits per heavy atom. The van der Waals surface area contributed by atoms with E-state index in [1.165, 1.54) is 13.8 Å². The molecular formula is C24H31FN3O10P. The number of H-pyrrole nitrogens is 1. The third kappa shape index (κ3) is 7.02. The van der Waals surface area contributed by atoms with Crippen LogP contribution in [0.2, 0.25) is 0 Å². The molecule has 2 saturated heterocycles. The Hall–Kier alpha value is -2.87. The van der Waals surface area contributed by atoms with Crippen LogP contribution < -0.4 is 20.9 Å². The van der Waals surface area contributed by atoms with Crippen LogP contribution in [0.5, 0.6) is 5.75 Å². The number of hydrogen-bond acceptors (Lipinski definition) is 10. The number of carbonyl (C=O) groups is 1. The van der Waals surface area contributed by atoms with Gasteiger partial charge in [-0.05, 0) is 26.0 Å². The summed E-state index contributed by atoms with van der Waals surface area (Å²) in [6, 6.07) is 7.60. The van der Waals surface area contributed by atoms with Gasteiger partial charge in [0.1, 0.15) is 11.9 Å². The number of rotatable bonds is 11. The number of nitrogens with one attached hydrogen (secondary N) is 2. The number of hydrogen-bond donors (Lipinski definition) is 2. The van der Waals surface area contributed by atoms with Gasteiger partial charge < -0.3 is 23.5 Å². The molecule has 0 amide bonds. The number of benzene rings is 1. The monoisotopic (exact) mass is 571 g/mol. The van der Waals surface area contributed by atoms with E-state index in [4.69, 9.17) is 28.0 Å². The van der Waals surface area contributed by atoms with Gasteiger partial charge in [0.2, 0.25) is 0 Å². The lowest BCUT2D eigenvalue weighted by molar-refractivity contribution is -0.154. The van der Waals surface area contributed by atoms with Crippen LogP contribution in [0.4, 0.5) is 4.39 Å². The molecule has 15 heteroatoms. The number of carbonyl (C=O) groups excluding carboxylic acids is 1. The SMILES string of the molecule is CCC(=O)O[C@@H]1[C@@H](F)[C@@H](n2cc(C)c(=O)[nH]c2=O)O[C@H]1COP(=O)(N[C@@H](C)C1OCCO1)Oc1ccccc1. The Labute approximate surface area is 223 Å². The second kappa shape index (κ2) is 12.5. The van der Waals surface area contributed by atoms with Crippen LogP contribution in [-0.2, 0) is 32.8 Å². The van der Waals surface area contributed by atoms with Crippen molar-refractivity contribution in [3.63, 3.8) is 0 Å². The van der Waals surface area contributed by atoms with Crippen LogP contribution in [0, 0.1) is 6.92 Å². The maximum atomic E-state index is 15.6. The van der Waals surface area contributed by atoms with E-state index in [1.807, 2.05) is 0 Å². The van der Waals surface area contributed by atoms with Crippen molar-refractivity contribution in [2.24, 2.45) is 0 Å². The van der Waals surface area contributed by atoms with Crippen molar-refractivity contribution in [1.29, 1.82) is 0 Å². The van der Waals surface area contributed by atoms with E-state index in [9.17, 15) is 18.9 Å². The molecule has 6 atom stereocenters. The summed E-state index contributed by atoms with van der Waals surface area (Å²) in [6.07, 6.45) is -5.98. The van der Waals surface area contributed by atoms with Gasteiger partial charge in [0.15, 0.2) is 24.8 Å². The molecule has 2 aromatic rings. The highest BCUT2D eigenvalue weighted by Crippen LogP contribution is 2.46. The molecular weight excluding hydrogens is 540 g/mol. The minimum absolute atomic E-state index is 0.0464. The third-order valence-electron chi connectivity index (χ3n) is 6.04. The summed E-state index contributed by atoms with van der Waals surface area (Å²) in [4.78, 5) is 38.4. The highest BCUT2D eigenvalue weighted by atomic mass is 31.2. The van der Waals surface area contributed by atoms with Crippen LogP contribution in [-0.4, -0.2) is 66.1 Å². The fourth-order valence-electron chi connectivity index (χ4n) is 4.06. The molecule has 0 radical (unpaired) electrons. The average Bonchev–Trinajstić information content (AvgIpc) is 3.55. The lowest BCUT2D eigenvalue weighted by Crippen LogP contribution is -2.40. The summed E-state index contributed by atoms with van der Waals surface area (Å²) in [5.74, 6) is -0.487. The number of halogens is 1. The van der Waals surface area contributed by atoms with Gasteiger partial charge in [-0.2, -0.15) is 0 Å². The summed E-state index contributed by atoms with van der Waals surface area (Å²) in [5, 5.41) is 2.76. The van der Waals surface area contributed by atoms with E-state index in [0.717, 1.165) is 10.8 Å². The van der Waals surface area contributed by atoms with Gasteiger partial charge in [-0.25, -0.2) is 18.8 Å². The van der Waals surface area contributed by atoms with Crippen molar-refractivity contribution in [3.05, 3.63) is 62.9 Å². The molecule has 0 saturated carbocycles. The molecule has 3 heterocycles. The van der Waals surface area contributed by atoms with Gasteiger partial charge >= 0.3 is 19.4 Å². The number of aromatic amines is 1. The fourth-order valence-corrected chi connectivity index (χ4v) is 5.60. The summed E-state index contributed by atoms with van der Waals surface area (Å²) in [5.41, 5.74) is -1.40. The topological polar surface area (TPSA) is 156 Å². The Balaban J connectivity index is 1.57. The molecule has 1 aromatic carbocycles. The third-order valence-corrected chi connectivity index (χ3v) is 7.70. The number of para-hydroxylation sites is 1. The van der Waals surface area contributed by atoms with E-state index in [1.54, 1.807) is 37.3 Å². The zero-order valence-corrected chi connectivity index (χ0v) is 22.5. The van der Waals surface area contributed by atoms with Crippen molar-refractivity contribution in [2.45, 2.75) is 64.1 Å². The highest BCUT2D eigenvalue weighted by Gasteiger charge is 2.50. The lowest BCUT2D eigenvalue weighted by Gasteiger charge is -2.27. The van der Waals surface area contributed by atoms with Gasteiger partial charge in [-0.3, -0.25) is 23.7 Å². The van der Waals surface area contributed by atoms with Crippen LogP contribution in [0.3, 0.4) is 0 Å². The lowest BCUT2D eigenvalue weighted by atomic mass is 10.1. The molecule has 1 unspecified atom stereocenters. The Morgan fingerprint density at radius 3 is 2.62 bits per heavy atom. The van der Waals surface area contributed by atoms with Crippen molar-refractivity contribution in [1.82, 2.24) is 14.6 Å². The van der Waals surface area contributed by atoms with E-state index < -0.39 is 68.5 Å². The Morgan fingerprint density at radius 1 is 1.26 bits per heavy atom. The molecule has 2 aliphatic heterocycles. The molecule has 2 N–H and O–H groups in total. The molecule has 39 heavy (non-hydrogen) atoms. The predicted octanol–water partition coefficient (Wildman–Crippen LogP) is 1.96. The van der Waals surface area contributed by atoms with Gasteiger partial charge in [-0.15, -0.1) is 0 Å². The number of ether oxygens (including phenoxy) is 4. The number of nitrogens with zero attached hydrogens (tertiary/aromatic N) is 1. The largest absolute Gasteiger partial charge is 0.459 e. The molecule has 1 aromatic heterocycles. The van der Waals surface area contributed by atoms with Crippen molar-refractivity contribution >= 4 is 13.7 Å². The Bertz CT molecular complexity index is 1300. The number of aryl methyl sites for hydroxylation is 1. The number of aromatic nitrogens is 2. The van der Waals surface area contributed by atoms with E-state index in [2.05, 4.69) is 10.1 Å². The summed E-state index contributed by atoms with van der Waals surface area (Å²) in [6.45, 7) is 4.82. The first-order valence-electron chi connectivity index (χ1n) is 12.4. The van der Waals surface area contributed by atoms with Crippen molar-refractivity contribution in [3.8, 4) is 5.75 Å². The van der Waals surface area contributed by atoms with Gasteiger partial charge in [0.05, 0.1) is 25.9 Å². The maximum absolute atomic E-state index is 15.6. The minimum Gasteiger partial charge on any atom is -0.456 e. The zero-order chi connectivity index (χ0) is 28.2. The fraction of sp³-hybridized carbons (Fsp3) is 0.542. The highest BCUT2D eigenvalue weighted by molar-refractivity contribution is 7.52. The van der Waals surface area contributed by atoms with E-state index in [-0.39, 0.29) is 17.7 Å². The first kappa shape index (κ1) is 29.1. The van der Waals surface area contributed by atoms with E-state index >= 15 is 4.39 Å². The molecule has 0 spiro atoms. The molecule has 214 valence electrons. The number of alkyl halides is 1. The second-order valence-electron chi connectivity index (χ2n) is 9.02. The van der Waals surface area contributed by atoms with Gasteiger partial charge in [0, 0.05) is 18.2 Å². The molecule has 0 bridgehead atoms. The quantitative estimate of drug-likeness (QED) is 0.300.